The lowest BCUT2D eigenvalue weighted by Gasteiger charge is -2.32. The lowest BCUT2D eigenvalue weighted by molar-refractivity contribution is 0.00578. The number of benzene rings is 1. The van der Waals surface area contributed by atoms with Crippen LogP contribution in [-0.2, 0) is 14.0 Å². The standard InChI is InChI=1S/C18H28BNO5/c1-7-20-16(21)14-9-8-13(12-15(14)23-11-10-22-6)19-24-17(2,3)18(4,5)25-19/h8-9,12H,7,10-11H2,1-6H3,(H,20,21). The fourth-order valence-corrected chi connectivity index (χ4v) is 2.46. The van der Waals surface area contributed by atoms with Crippen molar-refractivity contribution in [2.45, 2.75) is 45.8 Å². The minimum absolute atomic E-state index is 0.171. The zero-order valence-electron chi connectivity index (χ0n) is 16.0. The van der Waals surface area contributed by atoms with E-state index in [1.54, 1.807) is 13.2 Å². The van der Waals surface area contributed by atoms with Crippen molar-refractivity contribution >= 4 is 18.5 Å². The predicted octanol–water partition coefficient (Wildman–Crippen LogP) is 1.76. The Labute approximate surface area is 150 Å². The van der Waals surface area contributed by atoms with E-state index < -0.39 is 18.3 Å². The minimum Gasteiger partial charge on any atom is -0.490 e. The Hall–Kier alpha value is -1.57. The average Bonchev–Trinajstić information content (AvgIpc) is 2.76. The first-order chi connectivity index (χ1) is 11.7. The quantitative estimate of drug-likeness (QED) is 0.600. The van der Waals surface area contributed by atoms with Crippen molar-refractivity contribution in [2.24, 2.45) is 0 Å². The van der Waals surface area contributed by atoms with Gasteiger partial charge in [-0.25, -0.2) is 0 Å². The van der Waals surface area contributed by atoms with E-state index in [1.165, 1.54) is 0 Å². The third-order valence-electron chi connectivity index (χ3n) is 4.66. The van der Waals surface area contributed by atoms with E-state index in [0.717, 1.165) is 5.46 Å². The van der Waals surface area contributed by atoms with Crippen LogP contribution in [0.3, 0.4) is 0 Å². The van der Waals surface area contributed by atoms with Crippen LogP contribution in [-0.4, -0.2) is 51.1 Å². The molecule has 1 saturated heterocycles. The molecule has 1 aromatic rings. The largest absolute Gasteiger partial charge is 0.494 e. The molecule has 7 heteroatoms. The van der Waals surface area contributed by atoms with Crippen molar-refractivity contribution in [3.05, 3.63) is 23.8 Å². The summed E-state index contributed by atoms with van der Waals surface area (Å²) < 4.78 is 22.9. The monoisotopic (exact) mass is 349 g/mol. The molecule has 25 heavy (non-hydrogen) atoms. The number of nitrogens with one attached hydrogen (secondary N) is 1. The molecule has 1 N–H and O–H groups in total. The van der Waals surface area contributed by atoms with Crippen LogP contribution in [0.4, 0.5) is 0 Å². The first kappa shape index (κ1) is 19.8. The van der Waals surface area contributed by atoms with Gasteiger partial charge in [0.2, 0.25) is 0 Å². The second-order valence-electron chi connectivity index (χ2n) is 7.04. The molecule has 0 spiro atoms. The van der Waals surface area contributed by atoms with Gasteiger partial charge in [0.05, 0.1) is 23.4 Å². The summed E-state index contributed by atoms with van der Waals surface area (Å²) in [5, 5.41) is 2.80. The highest BCUT2D eigenvalue weighted by Crippen LogP contribution is 2.36. The van der Waals surface area contributed by atoms with Crippen LogP contribution >= 0.6 is 0 Å². The predicted molar refractivity (Wildman–Crippen MR) is 97.5 cm³/mol. The van der Waals surface area contributed by atoms with E-state index in [9.17, 15) is 4.79 Å². The average molecular weight is 349 g/mol. The summed E-state index contributed by atoms with van der Waals surface area (Å²) in [4.78, 5) is 12.3. The smallest absolute Gasteiger partial charge is 0.490 e. The summed E-state index contributed by atoms with van der Waals surface area (Å²) in [6.07, 6.45) is 0. The highest BCUT2D eigenvalue weighted by molar-refractivity contribution is 6.62. The maximum Gasteiger partial charge on any atom is 0.494 e. The molecule has 1 aromatic carbocycles. The first-order valence-corrected chi connectivity index (χ1v) is 8.61. The Morgan fingerprint density at radius 1 is 1.16 bits per heavy atom. The molecule has 2 rings (SSSR count). The molecule has 0 aromatic heterocycles. The minimum atomic E-state index is -0.502. The van der Waals surface area contributed by atoms with Gasteiger partial charge in [-0.3, -0.25) is 4.79 Å². The van der Waals surface area contributed by atoms with Crippen LogP contribution in [0.25, 0.3) is 0 Å². The van der Waals surface area contributed by atoms with Crippen LogP contribution in [0.2, 0.25) is 0 Å². The molecule has 0 unspecified atom stereocenters. The van der Waals surface area contributed by atoms with Gasteiger partial charge in [0.25, 0.3) is 5.91 Å². The number of carbonyl (C=O) groups is 1. The molecule has 1 amide bonds. The molecule has 6 nitrogen and oxygen atoms in total. The van der Waals surface area contributed by atoms with Gasteiger partial charge >= 0.3 is 7.12 Å². The lowest BCUT2D eigenvalue weighted by atomic mass is 9.78. The van der Waals surface area contributed by atoms with Crippen molar-refractivity contribution < 1.29 is 23.6 Å². The van der Waals surface area contributed by atoms with Gasteiger partial charge in [-0.05, 0) is 52.2 Å². The summed E-state index contributed by atoms with van der Waals surface area (Å²) in [6, 6.07) is 5.39. The van der Waals surface area contributed by atoms with E-state index in [0.29, 0.717) is 31.1 Å². The Bertz CT molecular complexity index is 601. The number of rotatable bonds is 7. The van der Waals surface area contributed by atoms with Crippen LogP contribution in [0.15, 0.2) is 18.2 Å². The van der Waals surface area contributed by atoms with E-state index in [2.05, 4.69) is 5.32 Å². The van der Waals surface area contributed by atoms with Crippen LogP contribution in [0.1, 0.15) is 45.0 Å². The Balaban J connectivity index is 2.28. The van der Waals surface area contributed by atoms with E-state index in [1.807, 2.05) is 46.8 Å². The van der Waals surface area contributed by atoms with E-state index in [4.69, 9.17) is 18.8 Å². The highest BCUT2D eigenvalue weighted by atomic mass is 16.7. The molecule has 0 atom stereocenters. The van der Waals surface area contributed by atoms with E-state index in [-0.39, 0.29) is 5.91 Å². The first-order valence-electron chi connectivity index (χ1n) is 8.61. The summed E-state index contributed by atoms with van der Waals surface area (Å²) in [5.74, 6) is 0.325. The third-order valence-corrected chi connectivity index (χ3v) is 4.66. The number of ether oxygens (including phenoxy) is 2. The normalized spacial score (nSPS) is 18.2. The van der Waals surface area contributed by atoms with Gasteiger partial charge in [0, 0.05) is 13.7 Å². The zero-order valence-corrected chi connectivity index (χ0v) is 16.0. The highest BCUT2D eigenvalue weighted by Gasteiger charge is 2.51. The van der Waals surface area contributed by atoms with Gasteiger partial charge < -0.3 is 24.1 Å². The second kappa shape index (κ2) is 7.76. The molecular formula is C18H28BNO5. The van der Waals surface area contributed by atoms with Crippen molar-refractivity contribution in [2.75, 3.05) is 26.9 Å². The van der Waals surface area contributed by atoms with Gasteiger partial charge in [-0.1, -0.05) is 6.07 Å². The molecule has 1 fully saturated rings. The molecule has 1 heterocycles. The molecule has 0 radical (unpaired) electrons. The zero-order chi connectivity index (χ0) is 18.7. The summed E-state index contributed by atoms with van der Waals surface area (Å²) in [7, 11) is 1.10. The lowest BCUT2D eigenvalue weighted by Crippen LogP contribution is -2.41. The topological polar surface area (TPSA) is 66.0 Å². The summed E-state index contributed by atoms with van der Waals surface area (Å²) in [5.41, 5.74) is 0.456. The van der Waals surface area contributed by atoms with Crippen molar-refractivity contribution in [1.82, 2.24) is 5.32 Å². The Morgan fingerprint density at radius 2 is 1.80 bits per heavy atom. The molecular weight excluding hydrogens is 321 g/mol. The van der Waals surface area contributed by atoms with Crippen LogP contribution in [0, 0.1) is 0 Å². The van der Waals surface area contributed by atoms with Crippen molar-refractivity contribution in [3.63, 3.8) is 0 Å². The van der Waals surface area contributed by atoms with Crippen molar-refractivity contribution in [1.29, 1.82) is 0 Å². The molecule has 0 bridgehead atoms. The SMILES string of the molecule is CCNC(=O)c1ccc(B2OC(C)(C)C(C)(C)O2)cc1OCCOC. The molecule has 1 aliphatic rings. The third kappa shape index (κ3) is 4.34. The number of carbonyl (C=O) groups excluding carboxylic acids is 1. The number of hydrogen-bond donors (Lipinski definition) is 1. The van der Waals surface area contributed by atoms with E-state index >= 15 is 0 Å². The number of amides is 1. The van der Waals surface area contributed by atoms with Crippen molar-refractivity contribution in [3.8, 4) is 5.75 Å². The summed E-state index contributed by atoms with van der Waals surface area (Å²) in [6.45, 7) is 11.2. The molecule has 1 aliphatic heterocycles. The fourth-order valence-electron chi connectivity index (χ4n) is 2.46. The van der Waals surface area contributed by atoms with Gasteiger partial charge in [-0.15, -0.1) is 0 Å². The molecule has 0 saturated carbocycles. The fraction of sp³-hybridized carbons (Fsp3) is 0.611. The molecule has 138 valence electrons. The Morgan fingerprint density at radius 3 is 2.36 bits per heavy atom. The number of methoxy groups -OCH3 is 1. The maximum absolute atomic E-state index is 12.3. The number of hydrogen-bond acceptors (Lipinski definition) is 5. The van der Waals surface area contributed by atoms with Gasteiger partial charge in [-0.2, -0.15) is 0 Å². The molecule has 0 aliphatic carbocycles. The Kier molecular flexibility index (Phi) is 6.14. The van der Waals surface area contributed by atoms with Crippen LogP contribution < -0.4 is 15.5 Å². The van der Waals surface area contributed by atoms with Gasteiger partial charge in [0.1, 0.15) is 12.4 Å². The summed E-state index contributed by atoms with van der Waals surface area (Å²) >= 11 is 0. The second-order valence-corrected chi connectivity index (χ2v) is 7.04. The maximum atomic E-state index is 12.3. The van der Waals surface area contributed by atoms with Gasteiger partial charge in [0.15, 0.2) is 0 Å². The van der Waals surface area contributed by atoms with Crippen LogP contribution in [0.5, 0.6) is 5.75 Å².